The van der Waals surface area contributed by atoms with E-state index in [1.165, 1.54) is 10.9 Å². The Balaban J connectivity index is 1.57. The molecule has 5 nitrogen and oxygen atoms in total. The number of aromatic nitrogens is 2. The molecule has 0 spiro atoms. The monoisotopic (exact) mass is 335 g/mol. The van der Waals surface area contributed by atoms with E-state index in [4.69, 9.17) is 9.47 Å². The molecule has 2 heterocycles. The van der Waals surface area contributed by atoms with Crippen molar-refractivity contribution >= 4 is 10.8 Å². The second-order valence-corrected chi connectivity index (χ2v) is 6.20. The summed E-state index contributed by atoms with van der Waals surface area (Å²) >= 11 is 0. The van der Waals surface area contributed by atoms with E-state index in [9.17, 15) is 0 Å². The van der Waals surface area contributed by atoms with Crippen LogP contribution in [0.5, 0.6) is 5.75 Å². The Hall–Kier alpha value is -2.50. The molecule has 0 bridgehead atoms. The fourth-order valence-electron chi connectivity index (χ4n) is 3.39. The average molecular weight is 335 g/mol. The van der Waals surface area contributed by atoms with Crippen molar-refractivity contribution in [3.8, 4) is 5.75 Å². The van der Waals surface area contributed by atoms with Gasteiger partial charge in [0, 0.05) is 37.4 Å². The van der Waals surface area contributed by atoms with Crippen molar-refractivity contribution in [1.82, 2.24) is 14.9 Å². The molecule has 3 aromatic rings. The van der Waals surface area contributed by atoms with E-state index < -0.39 is 0 Å². The van der Waals surface area contributed by atoms with Crippen molar-refractivity contribution in [3.63, 3.8) is 0 Å². The maximum Gasteiger partial charge on any atom is 0.126 e. The third-order valence-corrected chi connectivity index (χ3v) is 4.65. The van der Waals surface area contributed by atoms with Gasteiger partial charge in [0.25, 0.3) is 0 Å². The summed E-state index contributed by atoms with van der Waals surface area (Å²) in [5, 5.41) is 2.39. The van der Waals surface area contributed by atoms with Crippen LogP contribution >= 0.6 is 0 Å². The van der Waals surface area contributed by atoms with Crippen LogP contribution in [0.25, 0.3) is 10.8 Å². The van der Waals surface area contributed by atoms with E-state index >= 15 is 0 Å². The van der Waals surface area contributed by atoms with Crippen molar-refractivity contribution in [2.24, 2.45) is 0 Å². The highest BCUT2D eigenvalue weighted by molar-refractivity contribution is 5.91. The van der Waals surface area contributed by atoms with Crippen molar-refractivity contribution in [3.05, 3.63) is 66.2 Å². The highest BCUT2D eigenvalue weighted by Crippen LogP contribution is 2.30. The maximum atomic E-state index is 5.89. The lowest BCUT2D eigenvalue weighted by atomic mass is 10.0. The number of ether oxygens (including phenoxy) is 2. The average Bonchev–Trinajstić information content (AvgIpc) is 2.69. The van der Waals surface area contributed by atoms with Gasteiger partial charge in [0.05, 0.1) is 25.6 Å². The van der Waals surface area contributed by atoms with Crippen molar-refractivity contribution in [1.29, 1.82) is 0 Å². The number of benzene rings is 2. The topological polar surface area (TPSA) is 47.5 Å². The Kier molecular flexibility index (Phi) is 4.59. The first kappa shape index (κ1) is 16.0. The zero-order valence-electron chi connectivity index (χ0n) is 14.3. The van der Waals surface area contributed by atoms with Crippen LogP contribution in [0.15, 0.2) is 55.0 Å². The second kappa shape index (κ2) is 7.17. The van der Waals surface area contributed by atoms with Crippen LogP contribution in [0.2, 0.25) is 0 Å². The number of morpholine rings is 1. The minimum absolute atomic E-state index is 0.0213. The van der Waals surface area contributed by atoms with Gasteiger partial charge < -0.3 is 9.47 Å². The van der Waals surface area contributed by atoms with Gasteiger partial charge in [-0.1, -0.05) is 30.3 Å². The van der Waals surface area contributed by atoms with Gasteiger partial charge in [-0.05, 0) is 17.0 Å². The Morgan fingerprint density at radius 3 is 2.84 bits per heavy atom. The molecule has 0 unspecified atom stereocenters. The number of fused-ring (bicyclic) bond motifs is 1. The van der Waals surface area contributed by atoms with E-state index in [1.54, 1.807) is 25.7 Å². The summed E-state index contributed by atoms with van der Waals surface area (Å²) in [6.45, 7) is 3.32. The van der Waals surface area contributed by atoms with E-state index in [0.717, 1.165) is 36.5 Å². The molecule has 0 amide bonds. The molecule has 1 saturated heterocycles. The fourth-order valence-corrected chi connectivity index (χ4v) is 3.39. The number of hydrogen-bond acceptors (Lipinski definition) is 5. The Bertz CT molecular complexity index is 854. The largest absolute Gasteiger partial charge is 0.496 e. The van der Waals surface area contributed by atoms with Crippen LogP contribution in [0, 0.1) is 0 Å². The molecule has 0 saturated carbocycles. The molecule has 1 aliphatic rings. The minimum atomic E-state index is -0.0213. The number of nitrogens with zero attached hydrogens (tertiary/aromatic N) is 3. The first-order chi connectivity index (χ1) is 12.3. The second-order valence-electron chi connectivity index (χ2n) is 6.20. The molecule has 128 valence electrons. The van der Waals surface area contributed by atoms with Gasteiger partial charge in [-0.2, -0.15) is 0 Å². The molecule has 1 aliphatic heterocycles. The minimum Gasteiger partial charge on any atom is -0.496 e. The molecule has 1 aromatic heterocycles. The SMILES string of the molecule is COc1ccc(CN2CCO[C@H](c3cnccn3)C2)c2ccccc12. The standard InChI is InChI=1S/C20H21N3O2/c1-24-19-7-6-15(16-4-2-3-5-17(16)19)13-23-10-11-25-20(14-23)18-12-21-8-9-22-18/h2-9,12,20H,10-11,13-14H2,1H3/t20-/m0/s1. The Labute approximate surface area is 147 Å². The highest BCUT2D eigenvalue weighted by Gasteiger charge is 2.23. The van der Waals surface area contributed by atoms with Gasteiger partial charge in [0.1, 0.15) is 11.9 Å². The molecular weight excluding hydrogens is 314 g/mol. The molecular formula is C20H21N3O2. The van der Waals surface area contributed by atoms with Crippen LogP contribution in [0.4, 0.5) is 0 Å². The first-order valence-electron chi connectivity index (χ1n) is 8.49. The van der Waals surface area contributed by atoms with E-state index in [2.05, 4.69) is 45.2 Å². The summed E-state index contributed by atoms with van der Waals surface area (Å²) in [6.07, 6.45) is 5.17. The predicted molar refractivity (Wildman–Crippen MR) is 96.5 cm³/mol. The summed E-state index contributed by atoms with van der Waals surface area (Å²) in [5.41, 5.74) is 2.20. The van der Waals surface area contributed by atoms with Gasteiger partial charge in [0.2, 0.25) is 0 Å². The number of hydrogen-bond donors (Lipinski definition) is 0. The number of methoxy groups -OCH3 is 1. The summed E-state index contributed by atoms with van der Waals surface area (Å²) < 4.78 is 11.4. The fraction of sp³-hybridized carbons (Fsp3) is 0.300. The smallest absolute Gasteiger partial charge is 0.126 e. The lowest BCUT2D eigenvalue weighted by molar-refractivity contribution is -0.0350. The molecule has 0 radical (unpaired) electrons. The summed E-state index contributed by atoms with van der Waals surface area (Å²) in [7, 11) is 1.72. The summed E-state index contributed by atoms with van der Waals surface area (Å²) in [4.78, 5) is 11.0. The quantitative estimate of drug-likeness (QED) is 0.733. The predicted octanol–water partition coefficient (Wildman–Crippen LogP) is 3.21. The van der Waals surface area contributed by atoms with Crippen molar-refractivity contribution in [2.45, 2.75) is 12.6 Å². The van der Waals surface area contributed by atoms with E-state index in [-0.39, 0.29) is 6.10 Å². The zero-order chi connectivity index (χ0) is 17.1. The molecule has 2 aromatic carbocycles. The van der Waals surface area contributed by atoms with Gasteiger partial charge in [0.15, 0.2) is 0 Å². The highest BCUT2D eigenvalue weighted by atomic mass is 16.5. The molecule has 4 rings (SSSR count). The molecule has 1 fully saturated rings. The van der Waals surface area contributed by atoms with Crippen molar-refractivity contribution in [2.75, 3.05) is 26.8 Å². The van der Waals surface area contributed by atoms with Gasteiger partial charge in [-0.25, -0.2) is 0 Å². The molecule has 1 atom stereocenters. The zero-order valence-corrected chi connectivity index (χ0v) is 14.3. The summed E-state index contributed by atoms with van der Waals surface area (Å²) in [5.74, 6) is 0.916. The normalized spacial score (nSPS) is 18.4. The van der Waals surface area contributed by atoms with Crippen molar-refractivity contribution < 1.29 is 9.47 Å². The van der Waals surface area contributed by atoms with Crippen LogP contribution in [-0.2, 0) is 11.3 Å². The third-order valence-electron chi connectivity index (χ3n) is 4.65. The first-order valence-corrected chi connectivity index (χ1v) is 8.49. The Morgan fingerprint density at radius 1 is 1.16 bits per heavy atom. The van der Waals surface area contributed by atoms with Crippen LogP contribution < -0.4 is 4.74 Å². The molecule has 0 N–H and O–H groups in total. The van der Waals surface area contributed by atoms with Gasteiger partial charge in [-0.3, -0.25) is 14.9 Å². The lowest BCUT2D eigenvalue weighted by Gasteiger charge is -2.32. The maximum absolute atomic E-state index is 5.89. The van der Waals surface area contributed by atoms with Gasteiger partial charge >= 0.3 is 0 Å². The lowest BCUT2D eigenvalue weighted by Crippen LogP contribution is -2.38. The van der Waals surface area contributed by atoms with E-state index in [0.29, 0.717) is 6.61 Å². The van der Waals surface area contributed by atoms with Crippen LogP contribution in [0.1, 0.15) is 17.4 Å². The molecule has 25 heavy (non-hydrogen) atoms. The van der Waals surface area contributed by atoms with E-state index in [1.807, 2.05) is 6.07 Å². The third kappa shape index (κ3) is 3.34. The van der Waals surface area contributed by atoms with Crippen LogP contribution in [-0.4, -0.2) is 41.7 Å². The van der Waals surface area contributed by atoms with Crippen LogP contribution in [0.3, 0.4) is 0 Å². The molecule has 5 heteroatoms. The molecule has 0 aliphatic carbocycles. The Morgan fingerprint density at radius 2 is 2.04 bits per heavy atom. The van der Waals surface area contributed by atoms with Gasteiger partial charge in [-0.15, -0.1) is 0 Å². The summed E-state index contributed by atoms with van der Waals surface area (Å²) in [6, 6.07) is 12.6. The number of rotatable bonds is 4.